The second-order valence-corrected chi connectivity index (χ2v) is 7.05. The van der Waals surface area contributed by atoms with Gasteiger partial charge in [0.15, 0.2) is 0 Å². The Hall–Kier alpha value is -2.88. The minimum absolute atomic E-state index is 0.0700. The maximum Gasteiger partial charge on any atom is 0.261 e. The van der Waals surface area contributed by atoms with Gasteiger partial charge in [0.05, 0.1) is 11.1 Å². The second kappa shape index (κ2) is 5.06. The molecule has 4 heteroatoms. The highest BCUT2D eigenvalue weighted by atomic mass is 16.2. The molecule has 2 amide bonds. The van der Waals surface area contributed by atoms with Crippen LogP contribution in [0.4, 0.5) is 0 Å². The highest BCUT2D eigenvalue weighted by Gasteiger charge is 2.41. The Morgan fingerprint density at radius 2 is 1.76 bits per heavy atom. The van der Waals surface area contributed by atoms with E-state index in [2.05, 4.69) is 30.1 Å². The van der Waals surface area contributed by atoms with E-state index in [9.17, 15) is 9.59 Å². The topological polar surface area (TPSA) is 53.2 Å². The van der Waals surface area contributed by atoms with Crippen LogP contribution in [-0.2, 0) is 12.8 Å². The number of H-pyrrole nitrogens is 1. The van der Waals surface area contributed by atoms with Crippen molar-refractivity contribution in [1.82, 2.24) is 9.88 Å². The van der Waals surface area contributed by atoms with E-state index < -0.39 is 0 Å². The van der Waals surface area contributed by atoms with E-state index in [1.807, 2.05) is 12.1 Å². The number of imide groups is 1. The Morgan fingerprint density at radius 3 is 2.48 bits per heavy atom. The number of benzene rings is 2. The molecule has 2 aliphatic rings. The number of rotatable bonds is 1. The molecule has 1 aromatic heterocycles. The number of carbonyl (C=O) groups is 2. The van der Waals surface area contributed by atoms with Crippen molar-refractivity contribution < 1.29 is 9.59 Å². The fourth-order valence-electron chi connectivity index (χ4n) is 4.27. The molecule has 0 bridgehead atoms. The molecule has 4 nitrogen and oxygen atoms in total. The normalized spacial score (nSPS) is 19.4. The summed E-state index contributed by atoms with van der Waals surface area (Å²) in [5, 5.41) is 1.22. The molecule has 1 unspecified atom stereocenters. The van der Waals surface area contributed by atoms with Crippen LogP contribution in [0.2, 0.25) is 0 Å². The molecular weight excluding hydrogens is 312 g/mol. The summed E-state index contributed by atoms with van der Waals surface area (Å²) in [5.41, 5.74) is 5.93. The lowest BCUT2D eigenvalue weighted by molar-refractivity contribution is 0.0571. The van der Waals surface area contributed by atoms with Crippen LogP contribution in [0, 0.1) is 6.92 Å². The van der Waals surface area contributed by atoms with Gasteiger partial charge in [-0.2, -0.15) is 0 Å². The van der Waals surface area contributed by atoms with Gasteiger partial charge in [-0.25, -0.2) is 0 Å². The third-order valence-electron chi connectivity index (χ3n) is 5.51. The molecule has 0 saturated carbocycles. The van der Waals surface area contributed by atoms with Gasteiger partial charge in [-0.15, -0.1) is 0 Å². The average Bonchev–Trinajstić information content (AvgIpc) is 3.10. The first-order valence-corrected chi connectivity index (χ1v) is 8.70. The summed E-state index contributed by atoms with van der Waals surface area (Å²) in [7, 11) is 0. The van der Waals surface area contributed by atoms with Crippen LogP contribution in [0.1, 0.15) is 44.0 Å². The minimum atomic E-state index is -0.148. The zero-order valence-corrected chi connectivity index (χ0v) is 14.0. The van der Waals surface area contributed by atoms with E-state index in [1.165, 1.54) is 27.1 Å². The number of carbonyl (C=O) groups excluding carboxylic acids is 2. The largest absolute Gasteiger partial charge is 0.358 e. The van der Waals surface area contributed by atoms with E-state index in [1.54, 1.807) is 12.1 Å². The first-order chi connectivity index (χ1) is 12.1. The van der Waals surface area contributed by atoms with Crippen molar-refractivity contribution in [3.8, 4) is 0 Å². The summed E-state index contributed by atoms with van der Waals surface area (Å²) in [6.07, 6.45) is 2.40. The molecule has 124 valence electrons. The first-order valence-electron chi connectivity index (χ1n) is 8.70. The molecule has 1 aliphatic carbocycles. The summed E-state index contributed by atoms with van der Waals surface area (Å²) in [6.45, 7) is 2.09. The van der Waals surface area contributed by atoms with Crippen LogP contribution in [0.15, 0.2) is 42.5 Å². The van der Waals surface area contributed by atoms with Crippen molar-refractivity contribution in [3.05, 3.63) is 70.4 Å². The zero-order valence-electron chi connectivity index (χ0n) is 14.0. The van der Waals surface area contributed by atoms with Crippen molar-refractivity contribution in [2.24, 2.45) is 0 Å². The molecule has 25 heavy (non-hydrogen) atoms. The maximum atomic E-state index is 12.8. The Labute approximate surface area is 145 Å². The monoisotopic (exact) mass is 330 g/mol. The standard InChI is InChI=1S/C21H18N2O2/c1-12-6-8-18-16(10-12)17-11-13(7-9-19(17)22-18)23-20(24)14-4-2-3-5-15(14)21(23)25/h2-6,8,10,13,22H,7,9,11H2,1H3. The summed E-state index contributed by atoms with van der Waals surface area (Å²) < 4.78 is 0. The molecular formula is C21H18N2O2. The van der Waals surface area contributed by atoms with Gasteiger partial charge in [-0.3, -0.25) is 14.5 Å². The van der Waals surface area contributed by atoms with Gasteiger partial charge in [0.1, 0.15) is 0 Å². The molecule has 1 aliphatic heterocycles. The number of hydrogen-bond donors (Lipinski definition) is 1. The van der Waals surface area contributed by atoms with Crippen molar-refractivity contribution >= 4 is 22.7 Å². The van der Waals surface area contributed by atoms with Crippen LogP contribution >= 0.6 is 0 Å². The Bertz CT molecular complexity index is 1010. The molecule has 2 aromatic carbocycles. The van der Waals surface area contributed by atoms with Gasteiger partial charge < -0.3 is 4.98 Å². The Balaban J connectivity index is 1.54. The van der Waals surface area contributed by atoms with Gasteiger partial charge in [-0.1, -0.05) is 23.8 Å². The molecule has 0 fully saturated rings. The number of fused-ring (bicyclic) bond motifs is 4. The van der Waals surface area contributed by atoms with Crippen LogP contribution in [0.5, 0.6) is 0 Å². The van der Waals surface area contributed by atoms with Crippen molar-refractivity contribution in [2.75, 3.05) is 0 Å². The lowest BCUT2D eigenvalue weighted by atomic mass is 9.90. The van der Waals surface area contributed by atoms with Crippen LogP contribution in [0.3, 0.4) is 0 Å². The highest BCUT2D eigenvalue weighted by Crippen LogP contribution is 2.34. The number of amides is 2. The predicted molar refractivity (Wildman–Crippen MR) is 95.8 cm³/mol. The van der Waals surface area contributed by atoms with Crippen molar-refractivity contribution in [3.63, 3.8) is 0 Å². The van der Waals surface area contributed by atoms with Gasteiger partial charge in [-0.05, 0) is 56.0 Å². The summed E-state index contributed by atoms with van der Waals surface area (Å²) >= 11 is 0. The molecule has 1 atom stereocenters. The highest BCUT2D eigenvalue weighted by molar-refractivity contribution is 6.21. The summed E-state index contributed by atoms with van der Waals surface area (Å²) in [6, 6.07) is 13.5. The van der Waals surface area contributed by atoms with Crippen molar-refractivity contribution in [1.29, 1.82) is 0 Å². The molecule has 1 N–H and O–H groups in total. The minimum Gasteiger partial charge on any atom is -0.358 e. The average molecular weight is 330 g/mol. The fraction of sp³-hybridized carbons (Fsp3) is 0.238. The molecule has 0 radical (unpaired) electrons. The molecule has 0 spiro atoms. The number of aryl methyl sites for hydroxylation is 2. The van der Waals surface area contributed by atoms with Crippen LogP contribution in [0.25, 0.3) is 10.9 Å². The van der Waals surface area contributed by atoms with Crippen LogP contribution in [-0.4, -0.2) is 27.7 Å². The lowest BCUT2D eigenvalue weighted by Gasteiger charge is -2.29. The van der Waals surface area contributed by atoms with E-state index in [0.29, 0.717) is 11.1 Å². The van der Waals surface area contributed by atoms with E-state index in [-0.39, 0.29) is 17.9 Å². The first kappa shape index (κ1) is 14.5. The maximum absolute atomic E-state index is 12.8. The number of hydrogen-bond acceptors (Lipinski definition) is 2. The second-order valence-electron chi connectivity index (χ2n) is 7.05. The zero-order chi connectivity index (χ0) is 17.1. The van der Waals surface area contributed by atoms with E-state index in [4.69, 9.17) is 0 Å². The Morgan fingerprint density at radius 1 is 1.04 bits per heavy atom. The third-order valence-corrected chi connectivity index (χ3v) is 5.51. The number of nitrogens with one attached hydrogen (secondary N) is 1. The Kier molecular flexibility index (Phi) is 2.93. The van der Waals surface area contributed by atoms with Gasteiger partial charge in [0.25, 0.3) is 11.8 Å². The lowest BCUT2D eigenvalue weighted by Crippen LogP contribution is -2.43. The molecule has 0 saturated heterocycles. The van der Waals surface area contributed by atoms with Crippen LogP contribution < -0.4 is 0 Å². The summed E-state index contributed by atoms with van der Waals surface area (Å²) in [4.78, 5) is 30.5. The van der Waals surface area contributed by atoms with E-state index >= 15 is 0 Å². The predicted octanol–water partition coefficient (Wildman–Crippen LogP) is 3.63. The molecule has 5 rings (SSSR count). The quantitative estimate of drug-likeness (QED) is 0.693. The van der Waals surface area contributed by atoms with Crippen molar-refractivity contribution in [2.45, 2.75) is 32.2 Å². The van der Waals surface area contributed by atoms with Gasteiger partial charge in [0.2, 0.25) is 0 Å². The SMILES string of the molecule is Cc1ccc2[nH]c3c(c2c1)CC(N1C(=O)c2ccccc2C1=O)CC3. The number of aromatic amines is 1. The molecule has 2 heterocycles. The summed E-state index contributed by atoms with van der Waals surface area (Å²) in [5.74, 6) is -0.296. The number of aromatic nitrogens is 1. The fourth-order valence-corrected chi connectivity index (χ4v) is 4.27. The third kappa shape index (κ3) is 2.00. The van der Waals surface area contributed by atoms with Gasteiger partial charge in [0, 0.05) is 22.6 Å². The number of nitrogens with zero attached hydrogens (tertiary/aromatic N) is 1. The molecule has 3 aromatic rings. The smallest absolute Gasteiger partial charge is 0.261 e. The van der Waals surface area contributed by atoms with E-state index in [0.717, 1.165) is 24.8 Å². The van der Waals surface area contributed by atoms with Gasteiger partial charge >= 0.3 is 0 Å².